The number of aromatic carboxylic acids is 1. The van der Waals surface area contributed by atoms with Crippen LogP contribution < -0.4 is 10.1 Å². The molecule has 0 unspecified atom stereocenters. The zero-order valence-corrected chi connectivity index (χ0v) is 19.2. The molecule has 4 aromatic carbocycles. The third-order valence-corrected chi connectivity index (χ3v) is 5.65. The lowest BCUT2D eigenvalue weighted by Gasteiger charge is -2.17. The van der Waals surface area contributed by atoms with Gasteiger partial charge in [0.15, 0.2) is 0 Å². The summed E-state index contributed by atoms with van der Waals surface area (Å²) in [5.74, 6) is -1.20. The molecule has 0 heterocycles. The van der Waals surface area contributed by atoms with Crippen LogP contribution in [-0.4, -0.2) is 18.2 Å². The number of ether oxygens (including phenoxy) is 1. The lowest BCUT2D eigenvalue weighted by molar-refractivity contribution is 0.0692. The number of nitrogens with one attached hydrogen (secondary N) is 1. The highest BCUT2D eigenvalue weighted by Crippen LogP contribution is 2.33. The van der Waals surface area contributed by atoms with Gasteiger partial charge in [0.1, 0.15) is 11.6 Å². The van der Waals surface area contributed by atoms with E-state index in [-0.39, 0.29) is 29.6 Å². The van der Waals surface area contributed by atoms with Crippen molar-refractivity contribution < 1.29 is 19.0 Å². The van der Waals surface area contributed by atoms with Gasteiger partial charge in [-0.15, -0.1) is 12.4 Å². The van der Waals surface area contributed by atoms with Crippen LogP contribution in [0.25, 0.3) is 21.9 Å². The molecule has 0 aliphatic rings. The zero-order valence-electron chi connectivity index (χ0n) is 18.3. The van der Waals surface area contributed by atoms with E-state index in [1.54, 1.807) is 19.2 Å². The van der Waals surface area contributed by atoms with Crippen LogP contribution in [0.15, 0.2) is 78.9 Å². The number of halogens is 2. The lowest BCUT2D eigenvalue weighted by Crippen LogP contribution is -2.18. The van der Waals surface area contributed by atoms with Gasteiger partial charge in [-0.1, -0.05) is 48.5 Å². The second-order valence-corrected chi connectivity index (χ2v) is 7.72. The highest BCUT2D eigenvalue weighted by Gasteiger charge is 2.17. The first-order valence-electron chi connectivity index (χ1n) is 10.4. The second kappa shape index (κ2) is 10.5. The third-order valence-electron chi connectivity index (χ3n) is 5.65. The van der Waals surface area contributed by atoms with Crippen molar-refractivity contribution in [2.45, 2.75) is 19.5 Å². The average Bonchev–Trinajstić information content (AvgIpc) is 2.82. The zero-order chi connectivity index (χ0) is 22.7. The van der Waals surface area contributed by atoms with Crippen LogP contribution >= 0.6 is 12.4 Å². The molecule has 4 aromatic rings. The summed E-state index contributed by atoms with van der Waals surface area (Å²) in [5.41, 5.74) is 2.71. The minimum absolute atomic E-state index is 0. The van der Waals surface area contributed by atoms with Crippen molar-refractivity contribution in [2.75, 3.05) is 7.11 Å². The second-order valence-electron chi connectivity index (χ2n) is 7.72. The number of benzene rings is 4. The molecule has 0 bridgehead atoms. The monoisotopic (exact) mass is 465 g/mol. The summed E-state index contributed by atoms with van der Waals surface area (Å²) in [7, 11) is 1.65. The maximum absolute atomic E-state index is 15.1. The molecule has 0 amide bonds. The van der Waals surface area contributed by atoms with Gasteiger partial charge in [0.25, 0.3) is 0 Å². The quantitative estimate of drug-likeness (QED) is 0.322. The molecule has 1 atom stereocenters. The van der Waals surface area contributed by atoms with Crippen LogP contribution in [0, 0.1) is 5.82 Å². The molecule has 6 heteroatoms. The lowest BCUT2D eigenvalue weighted by atomic mass is 9.94. The van der Waals surface area contributed by atoms with Crippen molar-refractivity contribution in [1.82, 2.24) is 5.32 Å². The molecule has 0 aliphatic carbocycles. The van der Waals surface area contributed by atoms with Gasteiger partial charge < -0.3 is 15.2 Å². The van der Waals surface area contributed by atoms with Gasteiger partial charge in [-0.3, -0.25) is 0 Å². The van der Waals surface area contributed by atoms with Gasteiger partial charge in [-0.05, 0) is 64.7 Å². The predicted molar refractivity (Wildman–Crippen MR) is 132 cm³/mol. The molecule has 2 N–H and O–H groups in total. The van der Waals surface area contributed by atoms with Gasteiger partial charge in [-0.2, -0.15) is 0 Å². The maximum atomic E-state index is 15.1. The summed E-state index contributed by atoms with van der Waals surface area (Å²) in [6, 6.07) is 24.2. The summed E-state index contributed by atoms with van der Waals surface area (Å²) >= 11 is 0. The Balaban J connectivity index is 0.00000306. The van der Waals surface area contributed by atoms with Crippen LogP contribution in [0.5, 0.6) is 5.75 Å². The Morgan fingerprint density at radius 3 is 2.52 bits per heavy atom. The molecule has 4 rings (SSSR count). The van der Waals surface area contributed by atoms with Crippen LogP contribution in [0.2, 0.25) is 0 Å². The summed E-state index contributed by atoms with van der Waals surface area (Å²) in [6.45, 7) is 2.64. The fourth-order valence-corrected chi connectivity index (χ4v) is 3.90. The van der Waals surface area contributed by atoms with Crippen molar-refractivity contribution in [3.05, 3.63) is 101 Å². The first-order valence-corrected chi connectivity index (χ1v) is 10.4. The number of carboxylic acid groups (broad SMARTS) is 1. The van der Waals surface area contributed by atoms with Crippen LogP contribution in [0.4, 0.5) is 4.39 Å². The van der Waals surface area contributed by atoms with Crippen molar-refractivity contribution in [2.24, 2.45) is 0 Å². The van der Waals surface area contributed by atoms with E-state index in [1.807, 2.05) is 54.6 Å². The molecule has 0 radical (unpaired) electrons. The number of carbonyl (C=O) groups is 1. The Morgan fingerprint density at radius 2 is 1.76 bits per heavy atom. The summed E-state index contributed by atoms with van der Waals surface area (Å²) in [4.78, 5) is 11.4. The van der Waals surface area contributed by atoms with E-state index in [2.05, 4.69) is 18.3 Å². The number of hydrogen-bond acceptors (Lipinski definition) is 3. The van der Waals surface area contributed by atoms with Crippen LogP contribution in [0.1, 0.15) is 34.5 Å². The number of methoxy groups -OCH3 is 1. The van der Waals surface area contributed by atoms with E-state index in [0.29, 0.717) is 12.1 Å². The Labute approximate surface area is 198 Å². The number of rotatable bonds is 7. The minimum Gasteiger partial charge on any atom is -0.497 e. The fraction of sp³-hybridized carbons (Fsp3) is 0.148. The van der Waals surface area contributed by atoms with E-state index in [9.17, 15) is 9.90 Å². The Morgan fingerprint density at radius 1 is 1.00 bits per heavy atom. The van der Waals surface area contributed by atoms with Gasteiger partial charge in [0, 0.05) is 18.2 Å². The molecule has 4 nitrogen and oxygen atoms in total. The number of carboxylic acids is 1. The van der Waals surface area contributed by atoms with Crippen LogP contribution in [-0.2, 0) is 6.54 Å². The van der Waals surface area contributed by atoms with Gasteiger partial charge in [-0.25, -0.2) is 9.18 Å². The van der Waals surface area contributed by atoms with Gasteiger partial charge >= 0.3 is 5.97 Å². The highest BCUT2D eigenvalue weighted by molar-refractivity contribution is 5.99. The molecule has 0 fully saturated rings. The predicted octanol–water partition coefficient (Wildman–Crippen LogP) is 6.63. The minimum atomic E-state index is -1.28. The molecular formula is C27H25ClFNO3. The van der Waals surface area contributed by atoms with E-state index in [4.69, 9.17) is 4.74 Å². The maximum Gasteiger partial charge on any atom is 0.338 e. The topological polar surface area (TPSA) is 58.6 Å². The molecule has 0 aliphatic heterocycles. The highest BCUT2D eigenvalue weighted by atomic mass is 35.5. The van der Waals surface area contributed by atoms with Crippen molar-refractivity contribution in [1.29, 1.82) is 0 Å². The fourth-order valence-electron chi connectivity index (χ4n) is 3.90. The average molecular weight is 466 g/mol. The van der Waals surface area contributed by atoms with Gasteiger partial charge in [0.2, 0.25) is 0 Å². The molecule has 0 saturated carbocycles. The van der Waals surface area contributed by atoms with E-state index < -0.39 is 11.8 Å². The van der Waals surface area contributed by atoms with Crippen LogP contribution in [0.3, 0.4) is 0 Å². The molecule has 33 heavy (non-hydrogen) atoms. The molecule has 0 saturated heterocycles. The third kappa shape index (κ3) is 5.16. The molecular weight excluding hydrogens is 441 g/mol. The Kier molecular flexibility index (Phi) is 7.69. The standard InChI is InChI=1S/C27H24FNO3.ClH/c1-17(19-8-5-9-21(15-19)32-2)29-16-18-13-20-7-3-4-10-22(20)25(14-18)23-11-6-12-24(26(23)28)27(30)31;/h3-15,17,29H,16H2,1-2H3,(H,30,31);1H/t17-;/m1./s1. The number of hydrogen-bond donors (Lipinski definition) is 2. The normalized spacial score (nSPS) is 11.6. The van der Waals surface area contributed by atoms with E-state index in [0.717, 1.165) is 27.6 Å². The first-order chi connectivity index (χ1) is 15.5. The smallest absolute Gasteiger partial charge is 0.338 e. The van der Waals surface area contributed by atoms with Crippen molar-refractivity contribution >= 4 is 29.1 Å². The Bertz CT molecular complexity index is 1290. The van der Waals surface area contributed by atoms with E-state index >= 15 is 4.39 Å². The largest absolute Gasteiger partial charge is 0.497 e. The molecule has 0 aromatic heterocycles. The molecule has 0 spiro atoms. The SMILES string of the molecule is COc1cccc([C@@H](C)NCc2cc(-c3cccc(C(=O)O)c3F)c3ccccc3c2)c1.Cl. The first kappa shape index (κ1) is 24.2. The summed E-state index contributed by atoms with van der Waals surface area (Å²) < 4.78 is 20.4. The van der Waals surface area contributed by atoms with E-state index in [1.165, 1.54) is 6.07 Å². The molecule has 170 valence electrons. The number of fused-ring (bicyclic) bond motifs is 1. The summed E-state index contributed by atoms with van der Waals surface area (Å²) in [5, 5.41) is 14.7. The Hall–Kier alpha value is -3.41. The summed E-state index contributed by atoms with van der Waals surface area (Å²) in [6.07, 6.45) is 0. The van der Waals surface area contributed by atoms with Gasteiger partial charge in [0.05, 0.1) is 12.7 Å². The van der Waals surface area contributed by atoms with Crippen molar-refractivity contribution in [3.63, 3.8) is 0 Å². The van der Waals surface area contributed by atoms with Crippen molar-refractivity contribution in [3.8, 4) is 16.9 Å².